The Kier molecular flexibility index (Phi) is 3.73. The molecule has 1 fully saturated rings. The third kappa shape index (κ3) is 2.19. The number of alkyl halides is 1. The Morgan fingerprint density at radius 1 is 1.67 bits per heavy atom. The first-order valence-electron chi connectivity index (χ1n) is 5.59. The fourth-order valence-electron chi connectivity index (χ4n) is 1.97. The van der Waals surface area contributed by atoms with Crippen LogP contribution in [0.25, 0.3) is 0 Å². The minimum absolute atomic E-state index is 0.359. The largest absolute Gasteiger partial charge is 0.390 e. The minimum atomic E-state index is -3.04. The molecule has 0 saturated carbocycles. The van der Waals surface area contributed by atoms with Gasteiger partial charge in [-0.2, -0.15) is 4.98 Å². The Morgan fingerprint density at radius 3 is 2.81 bits per heavy atom. The molecule has 2 rings (SSSR count). The van der Waals surface area contributed by atoms with Crippen molar-refractivity contribution in [2.75, 3.05) is 12.3 Å². The van der Waals surface area contributed by atoms with E-state index in [-0.39, 0.29) is 4.77 Å². The van der Waals surface area contributed by atoms with Crippen molar-refractivity contribution in [3.05, 3.63) is 16.8 Å². The summed E-state index contributed by atoms with van der Waals surface area (Å²) in [6.45, 7) is -1.28. The number of hydrogen-bond donors (Lipinski definition) is 4. The molecule has 5 N–H and O–H groups in total. The van der Waals surface area contributed by atoms with Crippen LogP contribution < -0.4 is 5.73 Å². The van der Waals surface area contributed by atoms with Crippen molar-refractivity contribution >= 4 is 18.0 Å². The molecule has 4 atom stereocenters. The lowest BCUT2D eigenvalue weighted by Crippen LogP contribution is -2.50. The summed E-state index contributed by atoms with van der Waals surface area (Å²) in [4.78, 5) is 3.47. The van der Waals surface area contributed by atoms with E-state index in [1.807, 2.05) is 0 Å². The number of aliphatic hydroxyl groups excluding tert-OH is 2. The van der Waals surface area contributed by atoms with Gasteiger partial charge in [0.15, 0.2) is 24.0 Å². The van der Waals surface area contributed by atoms with Crippen LogP contribution in [0.4, 0.5) is 14.6 Å². The van der Waals surface area contributed by atoms with Gasteiger partial charge in [-0.15, -0.1) is 6.42 Å². The number of nitrogens with zero attached hydrogens (tertiary/aromatic N) is 2. The summed E-state index contributed by atoms with van der Waals surface area (Å²) in [6.07, 6.45) is 1.72. The number of aromatic nitrogens is 2. The standard InChI is InChI=1S/C11H11F2N3O4S/c1-2-10(19)7(18)11(13,4-17)20-8(10)16-3-5(12)6(14)15-9(16)21/h1,3,7-8,17-19H,4H2,(H2,14,15,21)/t7-,8-,10?,11-/m1/s1. The molecular weight excluding hydrogens is 308 g/mol. The first-order valence-corrected chi connectivity index (χ1v) is 6.00. The molecule has 1 saturated heterocycles. The van der Waals surface area contributed by atoms with Crippen molar-refractivity contribution in [3.63, 3.8) is 0 Å². The van der Waals surface area contributed by atoms with Crippen molar-refractivity contribution in [2.24, 2.45) is 0 Å². The number of terminal acetylenes is 1. The Bertz CT molecular complexity index is 678. The quantitative estimate of drug-likeness (QED) is 0.419. The van der Waals surface area contributed by atoms with Crippen molar-refractivity contribution in [2.45, 2.75) is 23.8 Å². The zero-order chi connectivity index (χ0) is 16.0. The van der Waals surface area contributed by atoms with Crippen LogP contribution in [-0.4, -0.2) is 49.0 Å². The van der Waals surface area contributed by atoms with Crippen LogP contribution in [0.2, 0.25) is 0 Å². The van der Waals surface area contributed by atoms with E-state index in [1.165, 1.54) is 0 Å². The molecule has 114 valence electrons. The summed E-state index contributed by atoms with van der Waals surface area (Å²) in [5.74, 6) is -2.79. The van der Waals surface area contributed by atoms with E-state index < -0.39 is 42.0 Å². The van der Waals surface area contributed by atoms with Gasteiger partial charge in [0.25, 0.3) is 5.85 Å². The lowest BCUT2D eigenvalue weighted by atomic mass is 9.94. The molecule has 1 aromatic heterocycles. The lowest BCUT2D eigenvalue weighted by molar-refractivity contribution is -0.207. The van der Waals surface area contributed by atoms with Crippen molar-refractivity contribution in [1.82, 2.24) is 9.55 Å². The van der Waals surface area contributed by atoms with Gasteiger partial charge in [0.2, 0.25) is 10.4 Å². The maximum absolute atomic E-state index is 14.2. The highest BCUT2D eigenvalue weighted by Gasteiger charge is 2.64. The van der Waals surface area contributed by atoms with Crippen LogP contribution in [0, 0.1) is 22.9 Å². The maximum Gasteiger partial charge on any atom is 0.264 e. The number of nitrogen functional groups attached to an aromatic ring is 1. The molecule has 0 spiro atoms. The fourth-order valence-corrected chi connectivity index (χ4v) is 2.22. The Morgan fingerprint density at radius 2 is 2.29 bits per heavy atom. The van der Waals surface area contributed by atoms with E-state index in [9.17, 15) is 19.0 Å². The molecule has 0 bridgehead atoms. The smallest absolute Gasteiger partial charge is 0.264 e. The van der Waals surface area contributed by atoms with E-state index in [4.69, 9.17) is 34.2 Å². The first-order chi connectivity index (χ1) is 9.69. The molecule has 1 unspecified atom stereocenters. The molecule has 2 heterocycles. The van der Waals surface area contributed by atoms with E-state index in [0.29, 0.717) is 10.8 Å². The zero-order valence-electron chi connectivity index (χ0n) is 10.4. The number of hydrogen-bond acceptors (Lipinski definition) is 7. The van der Waals surface area contributed by atoms with Gasteiger partial charge in [-0.1, -0.05) is 5.92 Å². The Hall–Kier alpha value is -1.64. The molecule has 0 aliphatic carbocycles. The fraction of sp³-hybridized carbons (Fsp3) is 0.455. The van der Waals surface area contributed by atoms with Gasteiger partial charge >= 0.3 is 0 Å². The lowest BCUT2D eigenvalue weighted by Gasteiger charge is -2.26. The van der Waals surface area contributed by atoms with Crippen molar-refractivity contribution < 1.29 is 28.8 Å². The average Bonchev–Trinajstić information content (AvgIpc) is 2.66. The second-order valence-corrected chi connectivity index (χ2v) is 4.82. The monoisotopic (exact) mass is 319 g/mol. The van der Waals surface area contributed by atoms with Crippen molar-refractivity contribution in [3.8, 4) is 12.3 Å². The van der Waals surface area contributed by atoms with Gasteiger partial charge in [-0.05, 0) is 12.2 Å². The van der Waals surface area contributed by atoms with Gasteiger partial charge in [0, 0.05) is 6.20 Å². The highest BCUT2D eigenvalue weighted by atomic mass is 32.1. The third-order valence-corrected chi connectivity index (χ3v) is 3.44. The molecule has 1 aromatic rings. The highest BCUT2D eigenvalue weighted by Crippen LogP contribution is 2.45. The second-order valence-electron chi connectivity index (χ2n) is 4.45. The number of halogens is 2. The number of anilines is 1. The van der Waals surface area contributed by atoms with Crippen LogP contribution in [0.5, 0.6) is 0 Å². The summed E-state index contributed by atoms with van der Waals surface area (Å²) in [5, 5.41) is 29.0. The number of nitrogens with two attached hydrogens (primary N) is 1. The predicted molar refractivity (Wildman–Crippen MR) is 68.3 cm³/mol. The van der Waals surface area contributed by atoms with Gasteiger partial charge in [-0.3, -0.25) is 4.57 Å². The summed E-state index contributed by atoms with van der Waals surface area (Å²) >= 11 is 4.81. The van der Waals surface area contributed by atoms with Gasteiger partial charge in [-0.25, -0.2) is 8.78 Å². The van der Waals surface area contributed by atoms with E-state index in [2.05, 4.69) is 4.98 Å². The molecule has 10 heteroatoms. The van der Waals surface area contributed by atoms with E-state index >= 15 is 0 Å². The van der Waals surface area contributed by atoms with Crippen LogP contribution in [-0.2, 0) is 4.74 Å². The first kappa shape index (κ1) is 15.7. The molecule has 0 radical (unpaired) electrons. The van der Waals surface area contributed by atoms with E-state index in [0.717, 1.165) is 0 Å². The summed E-state index contributed by atoms with van der Waals surface area (Å²) in [5.41, 5.74) is 2.62. The van der Waals surface area contributed by atoms with Gasteiger partial charge in [0.1, 0.15) is 6.61 Å². The normalized spacial score (nSPS) is 35.6. The van der Waals surface area contributed by atoms with Crippen LogP contribution in [0.1, 0.15) is 6.23 Å². The summed E-state index contributed by atoms with van der Waals surface area (Å²) in [6, 6.07) is 0. The average molecular weight is 319 g/mol. The minimum Gasteiger partial charge on any atom is -0.390 e. The van der Waals surface area contributed by atoms with Crippen LogP contribution in [0.15, 0.2) is 6.20 Å². The van der Waals surface area contributed by atoms with Gasteiger partial charge in [0.05, 0.1) is 0 Å². The molecule has 21 heavy (non-hydrogen) atoms. The van der Waals surface area contributed by atoms with Gasteiger partial charge < -0.3 is 25.8 Å². The molecule has 0 amide bonds. The topological polar surface area (TPSA) is 114 Å². The van der Waals surface area contributed by atoms with Crippen molar-refractivity contribution in [1.29, 1.82) is 0 Å². The van der Waals surface area contributed by atoms with Crippen LogP contribution >= 0.6 is 12.2 Å². The third-order valence-electron chi connectivity index (χ3n) is 3.14. The molecular formula is C11H11F2N3O4S. The summed E-state index contributed by atoms with van der Waals surface area (Å²) in [7, 11) is 0. The molecule has 0 aromatic carbocycles. The second kappa shape index (κ2) is 4.97. The molecule has 7 nitrogen and oxygen atoms in total. The SMILES string of the molecule is C#CC1(O)[C@@H](O)[C@@](F)(CO)O[C@H]1n1cc(F)c(N)nc1=S. The maximum atomic E-state index is 14.2. The Labute approximate surface area is 122 Å². The summed E-state index contributed by atoms with van der Waals surface area (Å²) < 4.78 is 32.8. The molecule has 1 aliphatic rings. The number of ether oxygens (including phenoxy) is 1. The highest BCUT2D eigenvalue weighted by molar-refractivity contribution is 7.71. The molecule has 1 aliphatic heterocycles. The Balaban J connectivity index is 2.61. The van der Waals surface area contributed by atoms with E-state index in [1.54, 1.807) is 5.92 Å². The number of aliphatic hydroxyl groups is 3. The van der Waals surface area contributed by atoms with Crippen LogP contribution in [0.3, 0.4) is 0 Å². The zero-order valence-corrected chi connectivity index (χ0v) is 11.2. The predicted octanol–water partition coefficient (Wildman–Crippen LogP) is -0.754. The number of rotatable bonds is 2.